The van der Waals surface area contributed by atoms with Crippen LogP contribution in [0.3, 0.4) is 0 Å². The third-order valence-corrected chi connectivity index (χ3v) is 6.28. The molecular weight excluding hydrogens is 200 g/mol. The van der Waals surface area contributed by atoms with E-state index in [4.69, 9.17) is 0 Å². The van der Waals surface area contributed by atoms with E-state index in [9.17, 15) is 9.90 Å². The summed E-state index contributed by atoms with van der Waals surface area (Å²) in [6.07, 6.45) is 2.26. The molecule has 92 valence electrons. The number of carbonyl (C=O) groups excluding carboxylic acids is 1. The lowest BCUT2D eigenvalue weighted by molar-refractivity contribution is -0.141. The minimum absolute atomic E-state index is 0.0747. The largest absolute Gasteiger partial charge is 0.393 e. The van der Waals surface area contributed by atoms with Gasteiger partial charge in [0.1, 0.15) is 5.78 Å². The maximum absolute atomic E-state index is 12.2. The molecule has 2 aliphatic rings. The normalized spacial score (nSPS) is 51.5. The van der Waals surface area contributed by atoms with E-state index in [1.807, 2.05) is 0 Å². The van der Waals surface area contributed by atoms with Crippen LogP contribution in [0.2, 0.25) is 0 Å². The Hall–Kier alpha value is -0.370. The Kier molecular flexibility index (Phi) is 2.34. The van der Waals surface area contributed by atoms with Gasteiger partial charge in [-0.25, -0.2) is 0 Å². The molecule has 0 bridgehead atoms. The van der Waals surface area contributed by atoms with E-state index >= 15 is 0 Å². The van der Waals surface area contributed by atoms with Crippen molar-refractivity contribution in [3.63, 3.8) is 0 Å². The van der Waals surface area contributed by atoms with Crippen LogP contribution in [-0.4, -0.2) is 17.0 Å². The van der Waals surface area contributed by atoms with Crippen LogP contribution in [0.4, 0.5) is 0 Å². The minimum Gasteiger partial charge on any atom is -0.393 e. The van der Waals surface area contributed by atoms with Gasteiger partial charge in [0.2, 0.25) is 0 Å². The first-order valence-electron chi connectivity index (χ1n) is 6.38. The molecule has 0 aromatic rings. The Balaban J connectivity index is 2.55. The number of hydrogen-bond acceptors (Lipinski definition) is 2. The predicted molar refractivity (Wildman–Crippen MR) is 64.0 cm³/mol. The Labute approximate surface area is 98.4 Å². The highest BCUT2D eigenvalue weighted by Gasteiger charge is 2.67. The third-order valence-electron chi connectivity index (χ3n) is 6.28. The quantitative estimate of drug-likeness (QED) is 0.687. The smallest absolute Gasteiger partial charge is 0.139 e. The molecule has 0 spiro atoms. The van der Waals surface area contributed by atoms with Crippen LogP contribution < -0.4 is 0 Å². The first-order chi connectivity index (χ1) is 7.17. The second-order valence-electron chi connectivity index (χ2n) is 6.88. The molecule has 2 fully saturated rings. The molecule has 0 aliphatic heterocycles. The highest BCUT2D eigenvalue weighted by Crippen LogP contribution is 2.68. The van der Waals surface area contributed by atoms with E-state index in [0.29, 0.717) is 12.2 Å². The van der Waals surface area contributed by atoms with Crippen molar-refractivity contribution in [2.24, 2.45) is 22.2 Å². The summed E-state index contributed by atoms with van der Waals surface area (Å²) in [5, 5.41) is 10.1. The first-order valence-corrected chi connectivity index (χ1v) is 6.38. The zero-order chi connectivity index (χ0) is 12.4. The summed E-state index contributed by atoms with van der Waals surface area (Å²) in [5.41, 5.74) is -0.302. The second-order valence-corrected chi connectivity index (χ2v) is 6.88. The van der Waals surface area contributed by atoms with Gasteiger partial charge in [0.25, 0.3) is 0 Å². The average Bonchev–Trinajstić information content (AvgIpc) is 2.33. The van der Waals surface area contributed by atoms with Gasteiger partial charge in [-0.3, -0.25) is 4.79 Å². The van der Waals surface area contributed by atoms with Gasteiger partial charge in [-0.1, -0.05) is 34.6 Å². The highest BCUT2D eigenvalue weighted by molar-refractivity contribution is 5.88. The molecule has 2 nitrogen and oxygen atoms in total. The summed E-state index contributed by atoms with van der Waals surface area (Å²) in [7, 11) is 0. The number of hydrogen-bond donors (Lipinski definition) is 1. The average molecular weight is 224 g/mol. The Bertz CT molecular complexity index is 334. The SMILES string of the molecule is C[C@H]1[C@@H](O)CC[C@]2(C)CC(=O)C(C)(C)[C@]12C. The van der Waals surface area contributed by atoms with Crippen molar-refractivity contribution < 1.29 is 9.90 Å². The standard InChI is InChI=1S/C14H24O2/c1-9-10(15)6-7-13(4)8-11(16)12(2,3)14(9,13)5/h9-10,15H,6-8H2,1-5H3/t9-,10-,13+,14-/m0/s1. The van der Waals surface area contributed by atoms with Crippen molar-refractivity contribution in [1.29, 1.82) is 0 Å². The fourth-order valence-electron chi connectivity index (χ4n) is 4.37. The topological polar surface area (TPSA) is 37.3 Å². The molecule has 0 radical (unpaired) electrons. The molecule has 0 unspecified atom stereocenters. The van der Waals surface area contributed by atoms with Crippen LogP contribution in [-0.2, 0) is 4.79 Å². The van der Waals surface area contributed by atoms with Gasteiger partial charge >= 0.3 is 0 Å². The molecule has 0 amide bonds. The molecule has 2 heteroatoms. The summed E-state index contributed by atoms with van der Waals surface area (Å²) < 4.78 is 0. The number of Topliss-reactive ketones (excluding diaryl/α,β-unsaturated/α-hetero) is 1. The third kappa shape index (κ3) is 1.09. The zero-order valence-electron chi connectivity index (χ0n) is 11.1. The summed E-state index contributed by atoms with van der Waals surface area (Å²) in [6, 6.07) is 0. The summed E-state index contributed by atoms with van der Waals surface area (Å²) in [4.78, 5) is 12.2. The number of carbonyl (C=O) groups is 1. The van der Waals surface area contributed by atoms with Crippen molar-refractivity contribution in [3.05, 3.63) is 0 Å². The maximum Gasteiger partial charge on any atom is 0.139 e. The zero-order valence-corrected chi connectivity index (χ0v) is 11.1. The van der Waals surface area contributed by atoms with Gasteiger partial charge in [0.05, 0.1) is 6.10 Å². The van der Waals surface area contributed by atoms with Crippen molar-refractivity contribution in [3.8, 4) is 0 Å². The van der Waals surface area contributed by atoms with E-state index in [1.54, 1.807) is 0 Å². The molecule has 2 aliphatic carbocycles. The Morgan fingerprint density at radius 2 is 1.81 bits per heavy atom. The van der Waals surface area contributed by atoms with Crippen molar-refractivity contribution in [2.45, 2.75) is 60.0 Å². The van der Waals surface area contributed by atoms with Crippen molar-refractivity contribution in [1.82, 2.24) is 0 Å². The fourth-order valence-corrected chi connectivity index (χ4v) is 4.37. The number of aliphatic hydroxyl groups excluding tert-OH is 1. The van der Waals surface area contributed by atoms with Gasteiger partial charge in [0.15, 0.2) is 0 Å². The van der Waals surface area contributed by atoms with E-state index < -0.39 is 0 Å². The molecule has 0 aromatic heterocycles. The fraction of sp³-hybridized carbons (Fsp3) is 0.929. The molecule has 2 rings (SSSR count). The van der Waals surface area contributed by atoms with Gasteiger partial charge < -0.3 is 5.11 Å². The van der Waals surface area contributed by atoms with Crippen LogP contribution in [0.15, 0.2) is 0 Å². The lowest BCUT2D eigenvalue weighted by Crippen LogP contribution is -2.54. The molecule has 0 aromatic carbocycles. The Morgan fingerprint density at radius 1 is 1.25 bits per heavy atom. The molecule has 0 saturated heterocycles. The van der Waals surface area contributed by atoms with Crippen LogP contribution in [0.5, 0.6) is 0 Å². The summed E-state index contributed by atoms with van der Waals surface area (Å²) >= 11 is 0. The van der Waals surface area contributed by atoms with E-state index in [2.05, 4.69) is 34.6 Å². The van der Waals surface area contributed by atoms with E-state index in [-0.39, 0.29) is 28.3 Å². The number of ketones is 1. The van der Waals surface area contributed by atoms with Crippen LogP contribution >= 0.6 is 0 Å². The molecule has 16 heavy (non-hydrogen) atoms. The van der Waals surface area contributed by atoms with E-state index in [0.717, 1.165) is 12.8 Å². The van der Waals surface area contributed by atoms with Gasteiger partial charge in [-0.15, -0.1) is 0 Å². The van der Waals surface area contributed by atoms with Crippen molar-refractivity contribution in [2.75, 3.05) is 0 Å². The number of fused-ring (bicyclic) bond motifs is 1. The predicted octanol–water partition coefficient (Wildman–Crippen LogP) is 2.79. The maximum atomic E-state index is 12.2. The molecule has 0 heterocycles. The van der Waals surface area contributed by atoms with Crippen LogP contribution in [0.1, 0.15) is 53.9 Å². The van der Waals surface area contributed by atoms with E-state index in [1.165, 1.54) is 0 Å². The number of aliphatic hydroxyl groups is 1. The first kappa shape index (κ1) is 12.1. The van der Waals surface area contributed by atoms with Gasteiger partial charge in [-0.05, 0) is 29.6 Å². The Morgan fingerprint density at radius 3 is 2.38 bits per heavy atom. The molecule has 4 atom stereocenters. The van der Waals surface area contributed by atoms with Crippen LogP contribution in [0.25, 0.3) is 0 Å². The van der Waals surface area contributed by atoms with Crippen molar-refractivity contribution >= 4 is 5.78 Å². The monoisotopic (exact) mass is 224 g/mol. The number of rotatable bonds is 0. The minimum atomic E-state index is -0.303. The van der Waals surface area contributed by atoms with Gasteiger partial charge in [0, 0.05) is 11.8 Å². The molecule has 1 N–H and O–H groups in total. The van der Waals surface area contributed by atoms with Crippen LogP contribution in [0, 0.1) is 22.2 Å². The lowest BCUT2D eigenvalue weighted by atomic mass is 9.48. The molecule has 2 saturated carbocycles. The second kappa shape index (κ2) is 3.10. The summed E-state index contributed by atoms with van der Waals surface area (Å²) in [5.74, 6) is 0.575. The van der Waals surface area contributed by atoms with Gasteiger partial charge in [-0.2, -0.15) is 0 Å². The highest BCUT2D eigenvalue weighted by atomic mass is 16.3. The lowest BCUT2D eigenvalue weighted by Gasteiger charge is -2.56. The summed E-state index contributed by atoms with van der Waals surface area (Å²) in [6.45, 7) is 10.7. The molecular formula is C14H24O2.